The van der Waals surface area contributed by atoms with Crippen molar-refractivity contribution in [2.75, 3.05) is 19.6 Å². The lowest BCUT2D eigenvalue weighted by Crippen LogP contribution is -2.46. The Balaban J connectivity index is 1.49. The molecule has 2 aliphatic rings. The molecule has 1 amide bonds. The van der Waals surface area contributed by atoms with Crippen LogP contribution in [0.5, 0.6) is 0 Å². The molecule has 1 N–H and O–H groups in total. The summed E-state index contributed by atoms with van der Waals surface area (Å²) in [6.45, 7) is 3.43. The fraction of sp³-hybridized carbons (Fsp3) is 0.467. The molecule has 20 heavy (non-hydrogen) atoms. The molecule has 4 nitrogen and oxygen atoms in total. The van der Waals surface area contributed by atoms with Gasteiger partial charge in [-0.1, -0.05) is 6.07 Å². The normalized spacial score (nSPS) is 28.7. The monoisotopic (exact) mass is 287 g/mol. The molecule has 2 aromatic rings. The van der Waals surface area contributed by atoms with E-state index in [1.165, 1.54) is 30.8 Å². The first-order valence-corrected chi connectivity index (χ1v) is 7.97. The smallest absolute Gasteiger partial charge is 0.261 e. The van der Waals surface area contributed by atoms with Gasteiger partial charge in [0.15, 0.2) is 0 Å². The van der Waals surface area contributed by atoms with E-state index in [9.17, 15) is 4.79 Å². The number of fused-ring (bicyclic) bond motifs is 3. The summed E-state index contributed by atoms with van der Waals surface area (Å²) in [5.41, 5.74) is 0. The summed E-state index contributed by atoms with van der Waals surface area (Å²) in [5, 5.41) is 4.25. The van der Waals surface area contributed by atoms with E-state index in [2.05, 4.69) is 15.2 Å². The van der Waals surface area contributed by atoms with Crippen molar-refractivity contribution in [2.24, 2.45) is 5.92 Å². The number of carbonyl (C=O) groups excluding carboxylic acids is 1. The molecule has 0 aromatic carbocycles. The summed E-state index contributed by atoms with van der Waals surface area (Å²) in [5.74, 6) is 0.832. The van der Waals surface area contributed by atoms with Crippen molar-refractivity contribution in [1.82, 2.24) is 15.2 Å². The van der Waals surface area contributed by atoms with Crippen LogP contribution >= 0.6 is 11.3 Å². The minimum atomic E-state index is 0.0560. The summed E-state index contributed by atoms with van der Waals surface area (Å²) < 4.78 is 0. The first kappa shape index (κ1) is 12.3. The lowest BCUT2D eigenvalue weighted by atomic mass is 9.97. The third-order valence-corrected chi connectivity index (χ3v) is 5.38. The maximum Gasteiger partial charge on any atom is 0.261 e. The minimum Gasteiger partial charge on any atom is -0.347 e. The highest BCUT2D eigenvalue weighted by Crippen LogP contribution is 2.28. The second-order valence-electron chi connectivity index (χ2n) is 5.83. The standard InChI is InChI=1S/C15H17N3OS/c19-14(13-7-11-2-1-4-16-15(11)20-13)17-12-6-10-3-5-18(8-10)9-12/h1-2,4,7,10,12H,3,5-6,8-9H2,(H,17,19). The van der Waals surface area contributed by atoms with Crippen LogP contribution < -0.4 is 5.32 Å². The summed E-state index contributed by atoms with van der Waals surface area (Å²) in [6.07, 6.45) is 4.19. The van der Waals surface area contributed by atoms with Gasteiger partial charge in [0.1, 0.15) is 4.83 Å². The lowest BCUT2D eigenvalue weighted by Gasteiger charge is -2.30. The number of pyridine rings is 1. The molecule has 0 saturated carbocycles. The van der Waals surface area contributed by atoms with Gasteiger partial charge in [0.2, 0.25) is 0 Å². The van der Waals surface area contributed by atoms with Gasteiger partial charge in [-0.05, 0) is 37.4 Å². The van der Waals surface area contributed by atoms with Gasteiger partial charge in [-0.15, -0.1) is 11.3 Å². The highest BCUT2D eigenvalue weighted by molar-refractivity contribution is 7.20. The van der Waals surface area contributed by atoms with Crippen LogP contribution in [-0.2, 0) is 0 Å². The summed E-state index contributed by atoms with van der Waals surface area (Å²) in [4.78, 5) is 20.8. The fourth-order valence-corrected chi connectivity index (χ4v) is 4.31. The molecule has 4 heterocycles. The van der Waals surface area contributed by atoms with Crippen molar-refractivity contribution in [1.29, 1.82) is 0 Å². The summed E-state index contributed by atoms with van der Waals surface area (Å²) in [6, 6.07) is 6.16. The molecule has 2 aromatic heterocycles. The molecule has 2 aliphatic heterocycles. The van der Waals surface area contributed by atoms with Crippen LogP contribution in [0.15, 0.2) is 24.4 Å². The average molecular weight is 287 g/mol. The molecule has 2 saturated heterocycles. The topological polar surface area (TPSA) is 45.2 Å². The number of rotatable bonds is 2. The maximum absolute atomic E-state index is 12.4. The zero-order valence-corrected chi connectivity index (χ0v) is 12.0. The van der Waals surface area contributed by atoms with Crippen LogP contribution in [0.4, 0.5) is 0 Å². The number of hydrogen-bond acceptors (Lipinski definition) is 4. The van der Waals surface area contributed by atoms with Crippen molar-refractivity contribution in [2.45, 2.75) is 18.9 Å². The molecule has 4 rings (SSSR count). The molecule has 3 unspecified atom stereocenters. The Bertz CT molecular complexity index is 608. The predicted octanol–water partition coefficient (Wildman–Crippen LogP) is 2.12. The third-order valence-electron chi connectivity index (χ3n) is 4.32. The molecule has 3 atom stereocenters. The van der Waals surface area contributed by atoms with E-state index < -0.39 is 0 Å². The Hall–Kier alpha value is -1.46. The number of piperidine rings is 1. The van der Waals surface area contributed by atoms with Gasteiger partial charge >= 0.3 is 0 Å². The summed E-state index contributed by atoms with van der Waals surface area (Å²) in [7, 11) is 0. The van der Waals surface area contributed by atoms with Crippen LogP contribution in [0.1, 0.15) is 22.5 Å². The van der Waals surface area contributed by atoms with Crippen LogP contribution in [0.2, 0.25) is 0 Å². The van der Waals surface area contributed by atoms with Crippen LogP contribution in [0.3, 0.4) is 0 Å². The van der Waals surface area contributed by atoms with Crippen molar-refractivity contribution in [3.05, 3.63) is 29.3 Å². The van der Waals surface area contributed by atoms with Crippen molar-refractivity contribution < 1.29 is 4.79 Å². The van der Waals surface area contributed by atoms with E-state index in [0.29, 0.717) is 6.04 Å². The SMILES string of the molecule is O=C(NC1CC2CCN(C2)C1)c1cc2cccnc2s1. The second kappa shape index (κ2) is 4.82. The van der Waals surface area contributed by atoms with E-state index >= 15 is 0 Å². The third kappa shape index (κ3) is 2.21. The van der Waals surface area contributed by atoms with E-state index in [1.807, 2.05) is 18.2 Å². The molecule has 0 aliphatic carbocycles. The fourth-order valence-electron chi connectivity index (χ4n) is 3.41. The number of amides is 1. The molecular weight excluding hydrogens is 270 g/mol. The van der Waals surface area contributed by atoms with Gasteiger partial charge in [0.05, 0.1) is 4.88 Å². The van der Waals surface area contributed by atoms with Crippen molar-refractivity contribution >= 4 is 27.5 Å². The largest absolute Gasteiger partial charge is 0.347 e. The number of aromatic nitrogens is 1. The predicted molar refractivity (Wildman–Crippen MR) is 80.0 cm³/mol. The summed E-state index contributed by atoms with van der Waals surface area (Å²) >= 11 is 1.47. The molecule has 0 spiro atoms. The van der Waals surface area contributed by atoms with Gasteiger partial charge < -0.3 is 10.2 Å². The van der Waals surface area contributed by atoms with Gasteiger partial charge in [-0.3, -0.25) is 4.79 Å². The number of hydrogen-bond donors (Lipinski definition) is 1. The van der Waals surface area contributed by atoms with Crippen LogP contribution in [0.25, 0.3) is 10.2 Å². The quantitative estimate of drug-likeness (QED) is 0.920. The number of carbonyl (C=O) groups is 1. The van der Waals surface area contributed by atoms with Crippen molar-refractivity contribution in [3.8, 4) is 0 Å². The molecular formula is C15H17N3OS. The number of nitrogens with zero attached hydrogens (tertiary/aromatic N) is 2. The zero-order valence-electron chi connectivity index (χ0n) is 11.2. The van der Waals surface area contributed by atoms with Crippen LogP contribution in [-0.4, -0.2) is 41.5 Å². The Labute approximate surface area is 121 Å². The Morgan fingerprint density at radius 3 is 3.25 bits per heavy atom. The maximum atomic E-state index is 12.4. The number of thiophene rings is 1. The van der Waals surface area contributed by atoms with Crippen LogP contribution in [0, 0.1) is 5.92 Å². The van der Waals surface area contributed by atoms with E-state index in [-0.39, 0.29) is 5.91 Å². The highest BCUT2D eigenvalue weighted by atomic mass is 32.1. The van der Waals surface area contributed by atoms with Gasteiger partial charge in [0, 0.05) is 30.7 Å². The molecule has 2 fully saturated rings. The highest BCUT2D eigenvalue weighted by Gasteiger charge is 2.33. The van der Waals surface area contributed by atoms with Gasteiger partial charge in [0.25, 0.3) is 5.91 Å². The lowest BCUT2D eigenvalue weighted by molar-refractivity contribution is 0.0913. The molecule has 104 valence electrons. The van der Waals surface area contributed by atoms with Gasteiger partial charge in [-0.25, -0.2) is 4.98 Å². The van der Waals surface area contributed by atoms with Gasteiger partial charge in [-0.2, -0.15) is 0 Å². The van der Waals surface area contributed by atoms with E-state index in [4.69, 9.17) is 0 Å². The molecule has 0 radical (unpaired) electrons. The Morgan fingerprint density at radius 1 is 1.45 bits per heavy atom. The first-order chi connectivity index (χ1) is 9.78. The number of nitrogens with one attached hydrogen (secondary N) is 1. The van der Waals surface area contributed by atoms with E-state index in [1.54, 1.807) is 6.20 Å². The second-order valence-corrected chi connectivity index (χ2v) is 6.86. The Kier molecular flexibility index (Phi) is 2.97. The zero-order chi connectivity index (χ0) is 13.5. The first-order valence-electron chi connectivity index (χ1n) is 7.16. The molecule has 2 bridgehead atoms. The van der Waals surface area contributed by atoms with Crippen molar-refractivity contribution in [3.63, 3.8) is 0 Å². The Morgan fingerprint density at radius 2 is 2.40 bits per heavy atom. The molecule has 5 heteroatoms. The van der Waals surface area contributed by atoms with E-state index in [0.717, 1.165) is 34.0 Å². The minimum absolute atomic E-state index is 0.0560. The average Bonchev–Trinajstić information content (AvgIpc) is 3.02.